The summed E-state index contributed by atoms with van der Waals surface area (Å²) < 4.78 is 5.18. The van der Waals surface area contributed by atoms with E-state index < -0.39 is 5.60 Å². The summed E-state index contributed by atoms with van der Waals surface area (Å²) in [6.07, 6.45) is 6.17. The van der Waals surface area contributed by atoms with E-state index in [2.05, 4.69) is 5.32 Å². The van der Waals surface area contributed by atoms with E-state index in [1.807, 2.05) is 20.8 Å². The quantitative estimate of drug-likeness (QED) is 0.765. The molecular weight excluding hydrogens is 190 g/mol. The number of hydrogen-bond acceptors (Lipinski definition) is 2. The third kappa shape index (κ3) is 5.65. The molecule has 0 radical (unpaired) electrons. The van der Waals surface area contributed by atoms with Crippen LogP contribution < -0.4 is 5.32 Å². The second kappa shape index (κ2) is 5.38. The van der Waals surface area contributed by atoms with Crippen LogP contribution in [0.25, 0.3) is 0 Å². The molecule has 1 fully saturated rings. The van der Waals surface area contributed by atoms with Gasteiger partial charge in [0.25, 0.3) is 0 Å². The number of carbonyl (C=O) groups is 1. The maximum absolute atomic E-state index is 11.4. The molecule has 0 aliphatic heterocycles. The molecule has 1 saturated carbocycles. The highest BCUT2D eigenvalue weighted by molar-refractivity contribution is 5.67. The number of amides is 1. The Labute approximate surface area is 92.6 Å². The van der Waals surface area contributed by atoms with Crippen LogP contribution in [0.15, 0.2) is 0 Å². The normalized spacial score (nSPS) is 18.6. The van der Waals surface area contributed by atoms with Crippen molar-refractivity contribution in [1.82, 2.24) is 5.32 Å². The van der Waals surface area contributed by atoms with Gasteiger partial charge in [0.1, 0.15) is 5.60 Å². The monoisotopic (exact) mass is 213 g/mol. The predicted octanol–water partition coefficient (Wildman–Crippen LogP) is 3.09. The number of alkyl carbamates (subject to hydrolysis) is 1. The lowest BCUT2D eigenvalue weighted by atomic mass is 9.89. The first-order chi connectivity index (χ1) is 6.97. The zero-order valence-corrected chi connectivity index (χ0v) is 10.1. The van der Waals surface area contributed by atoms with E-state index in [0.29, 0.717) is 5.92 Å². The first-order valence-corrected chi connectivity index (χ1v) is 5.94. The van der Waals surface area contributed by atoms with E-state index in [4.69, 9.17) is 4.74 Å². The maximum atomic E-state index is 11.4. The van der Waals surface area contributed by atoms with Gasteiger partial charge >= 0.3 is 6.09 Å². The fourth-order valence-corrected chi connectivity index (χ4v) is 1.93. The first kappa shape index (κ1) is 12.3. The summed E-state index contributed by atoms with van der Waals surface area (Å²) in [6, 6.07) is 0. The predicted molar refractivity (Wildman–Crippen MR) is 60.8 cm³/mol. The number of nitrogens with one attached hydrogen (secondary N) is 1. The molecule has 0 aromatic carbocycles. The minimum absolute atomic E-state index is 0.284. The van der Waals surface area contributed by atoms with E-state index >= 15 is 0 Å². The van der Waals surface area contributed by atoms with Crippen LogP contribution in [-0.2, 0) is 4.74 Å². The van der Waals surface area contributed by atoms with E-state index in [1.54, 1.807) is 0 Å². The SMILES string of the molecule is CC(C)(C)OC(=O)NCC1CCCCC1. The molecule has 0 heterocycles. The van der Waals surface area contributed by atoms with Crippen molar-refractivity contribution in [2.24, 2.45) is 5.92 Å². The molecule has 1 N–H and O–H groups in total. The maximum Gasteiger partial charge on any atom is 0.407 e. The molecule has 3 nitrogen and oxygen atoms in total. The van der Waals surface area contributed by atoms with Gasteiger partial charge in [-0.15, -0.1) is 0 Å². The van der Waals surface area contributed by atoms with Crippen LogP contribution in [0.4, 0.5) is 4.79 Å². The van der Waals surface area contributed by atoms with E-state index in [-0.39, 0.29) is 6.09 Å². The summed E-state index contributed by atoms with van der Waals surface area (Å²) in [5, 5.41) is 2.85. The zero-order valence-electron chi connectivity index (χ0n) is 10.1. The molecule has 1 amide bonds. The van der Waals surface area contributed by atoms with Crippen molar-refractivity contribution in [3.05, 3.63) is 0 Å². The Kier molecular flexibility index (Phi) is 4.43. The molecule has 1 aliphatic rings. The lowest BCUT2D eigenvalue weighted by molar-refractivity contribution is 0.0515. The summed E-state index contributed by atoms with van der Waals surface area (Å²) in [5.74, 6) is 0.659. The molecule has 0 atom stereocenters. The molecule has 0 bridgehead atoms. The van der Waals surface area contributed by atoms with E-state index in [0.717, 1.165) is 6.54 Å². The van der Waals surface area contributed by atoms with Gasteiger partial charge in [0.05, 0.1) is 0 Å². The number of hydrogen-bond donors (Lipinski definition) is 1. The van der Waals surface area contributed by atoms with Crippen LogP contribution in [0, 0.1) is 5.92 Å². The highest BCUT2D eigenvalue weighted by Gasteiger charge is 2.18. The van der Waals surface area contributed by atoms with Crippen molar-refractivity contribution in [3.8, 4) is 0 Å². The largest absolute Gasteiger partial charge is 0.444 e. The smallest absolute Gasteiger partial charge is 0.407 e. The topological polar surface area (TPSA) is 38.3 Å². The summed E-state index contributed by atoms with van der Waals surface area (Å²) in [5.41, 5.74) is -0.392. The molecule has 0 aromatic heterocycles. The molecule has 15 heavy (non-hydrogen) atoms. The molecule has 1 rings (SSSR count). The van der Waals surface area contributed by atoms with Crippen LogP contribution in [0.1, 0.15) is 52.9 Å². The van der Waals surface area contributed by atoms with Gasteiger partial charge in [0, 0.05) is 6.54 Å². The highest BCUT2D eigenvalue weighted by Crippen LogP contribution is 2.22. The molecule has 1 aliphatic carbocycles. The van der Waals surface area contributed by atoms with Crippen molar-refractivity contribution in [3.63, 3.8) is 0 Å². The van der Waals surface area contributed by atoms with E-state index in [1.165, 1.54) is 32.1 Å². The molecular formula is C12H23NO2. The first-order valence-electron chi connectivity index (χ1n) is 5.94. The third-order valence-electron chi connectivity index (χ3n) is 2.66. The van der Waals surface area contributed by atoms with Crippen LogP contribution in [-0.4, -0.2) is 18.2 Å². The zero-order chi connectivity index (χ0) is 11.3. The Morgan fingerprint density at radius 1 is 1.27 bits per heavy atom. The summed E-state index contributed by atoms with van der Waals surface area (Å²) in [4.78, 5) is 11.4. The molecule has 0 unspecified atom stereocenters. The Balaban J connectivity index is 2.15. The highest BCUT2D eigenvalue weighted by atomic mass is 16.6. The second-order valence-corrected chi connectivity index (χ2v) is 5.39. The summed E-state index contributed by atoms with van der Waals surface area (Å²) >= 11 is 0. The van der Waals surface area contributed by atoms with Gasteiger partial charge in [0.15, 0.2) is 0 Å². The minimum atomic E-state index is -0.392. The molecule has 0 spiro atoms. The van der Waals surface area contributed by atoms with E-state index in [9.17, 15) is 4.79 Å². The molecule has 0 aromatic rings. The Bertz CT molecular complexity index is 202. The standard InChI is InChI=1S/C12H23NO2/c1-12(2,3)15-11(14)13-9-10-7-5-4-6-8-10/h10H,4-9H2,1-3H3,(H,13,14). The van der Waals surface area contributed by atoms with Crippen LogP contribution >= 0.6 is 0 Å². The van der Waals surface area contributed by atoms with Crippen molar-refractivity contribution < 1.29 is 9.53 Å². The summed E-state index contributed by atoms with van der Waals surface area (Å²) in [6.45, 7) is 6.42. The van der Waals surface area contributed by atoms with Crippen molar-refractivity contribution in [2.45, 2.75) is 58.5 Å². The van der Waals surface area contributed by atoms with Crippen molar-refractivity contribution >= 4 is 6.09 Å². The van der Waals surface area contributed by atoms with Gasteiger partial charge in [-0.1, -0.05) is 19.3 Å². The van der Waals surface area contributed by atoms with Crippen LogP contribution in [0.5, 0.6) is 0 Å². The average Bonchev–Trinajstić information content (AvgIpc) is 2.14. The Morgan fingerprint density at radius 3 is 2.40 bits per heavy atom. The Hall–Kier alpha value is -0.730. The second-order valence-electron chi connectivity index (χ2n) is 5.39. The van der Waals surface area contributed by atoms with Crippen LogP contribution in [0.3, 0.4) is 0 Å². The van der Waals surface area contributed by atoms with Gasteiger partial charge < -0.3 is 10.1 Å². The van der Waals surface area contributed by atoms with Gasteiger partial charge in [-0.3, -0.25) is 0 Å². The molecule has 0 saturated heterocycles. The summed E-state index contributed by atoms with van der Waals surface area (Å²) in [7, 11) is 0. The number of ether oxygens (including phenoxy) is 1. The fraction of sp³-hybridized carbons (Fsp3) is 0.917. The number of carbonyl (C=O) groups excluding carboxylic acids is 1. The number of rotatable bonds is 2. The fourth-order valence-electron chi connectivity index (χ4n) is 1.93. The average molecular weight is 213 g/mol. The van der Waals surface area contributed by atoms with Crippen LogP contribution in [0.2, 0.25) is 0 Å². The van der Waals surface area contributed by atoms with Gasteiger partial charge in [-0.25, -0.2) is 4.79 Å². The van der Waals surface area contributed by atoms with Crippen molar-refractivity contribution in [1.29, 1.82) is 0 Å². The lowest BCUT2D eigenvalue weighted by Crippen LogP contribution is -2.35. The minimum Gasteiger partial charge on any atom is -0.444 e. The Morgan fingerprint density at radius 2 is 1.87 bits per heavy atom. The van der Waals surface area contributed by atoms with Crippen molar-refractivity contribution in [2.75, 3.05) is 6.54 Å². The van der Waals surface area contributed by atoms with Gasteiger partial charge in [-0.2, -0.15) is 0 Å². The molecule has 3 heteroatoms. The third-order valence-corrected chi connectivity index (χ3v) is 2.66. The lowest BCUT2D eigenvalue weighted by Gasteiger charge is -2.24. The van der Waals surface area contributed by atoms with Gasteiger partial charge in [-0.05, 0) is 39.5 Å². The van der Waals surface area contributed by atoms with Gasteiger partial charge in [0.2, 0.25) is 0 Å². The molecule has 88 valence electrons.